The minimum atomic E-state index is -4.53. The predicted octanol–water partition coefficient (Wildman–Crippen LogP) is 1.40. The van der Waals surface area contributed by atoms with Crippen molar-refractivity contribution in [2.45, 2.75) is 19.2 Å². The molecule has 12 heteroatoms. The van der Waals surface area contributed by atoms with Crippen molar-refractivity contribution in [3.63, 3.8) is 0 Å². The van der Waals surface area contributed by atoms with Gasteiger partial charge in [-0.2, -0.15) is 28.4 Å². The second-order valence-electron chi connectivity index (χ2n) is 5.98. The first-order chi connectivity index (χ1) is 13.1. The Hall–Kier alpha value is -3.17. The van der Waals surface area contributed by atoms with Gasteiger partial charge in [-0.3, -0.25) is 5.84 Å². The van der Waals surface area contributed by atoms with Gasteiger partial charge in [0.2, 0.25) is 5.69 Å². The fourth-order valence-corrected chi connectivity index (χ4v) is 2.35. The highest BCUT2D eigenvalue weighted by atomic mass is 19.4. The first-order valence-electron chi connectivity index (χ1n) is 8.11. The molecule has 0 amide bonds. The maximum atomic E-state index is 13.0. The number of halogens is 3. The van der Waals surface area contributed by atoms with E-state index in [2.05, 4.69) is 31.4 Å². The topological polar surface area (TPSA) is 127 Å². The lowest BCUT2D eigenvalue weighted by Crippen LogP contribution is -2.67. The second-order valence-corrected chi connectivity index (χ2v) is 5.98. The Balaban J connectivity index is 2.27. The quantitative estimate of drug-likeness (QED) is 0.599. The fraction of sp³-hybridized carbons (Fsp3) is 0.375. The van der Waals surface area contributed by atoms with Crippen molar-refractivity contribution in [2.75, 3.05) is 31.3 Å². The van der Waals surface area contributed by atoms with Gasteiger partial charge in [0.1, 0.15) is 18.0 Å². The normalized spacial score (nSPS) is 12.4. The third kappa shape index (κ3) is 5.41. The van der Waals surface area contributed by atoms with Crippen molar-refractivity contribution in [3.05, 3.63) is 29.7 Å². The standard InChI is InChI=1S/C16H19F3N8O/c1-9(8-27(3)21)28-15-12(5-20)23-7-14(26-15)25-13-4-11(22-2)10(6-24-13)16(17,18)19/h4,6-7,9H,8,21H2,1-3H3,(H2,22,24,25,26)/p+1. The van der Waals surface area contributed by atoms with E-state index >= 15 is 0 Å². The van der Waals surface area contributed by atoms with Crippen molar-refractivity contribution in [2.24, 2.45) is 0 Å². The number of hydrogen-bond donors (Lipinski definition) is 3. The summed E-state index contributed by atoms with van der Waals surface area (Å²) in [5, 5.41) is 16.1. The highest BCUT2D eigenvalue weighted by Gasteiger charge is 2.34. The molecule has 5 N–H and O–H groups in total. The molecule has 0 saturated heterocycles. The molecule has 0 radical (unpaired) electrons. The molecule has 0 aliphatic rings. The van der Waals surface area contributed by atoms with Crippen LogP contribution in [-0.4, -0.2) is 46.7 Å². The Morgan fingerprint density at radius 1 is 1.32 bits per heavy atom. The number of nitriles is 1. The minimum absolute atomic E-state index is 0.00241. The summed E-state index contributed by atoms with van der Waals surface area (Å²) in [6, 6.07) is 3.08. The molecule has 0 aliphatic heterocycles. The number of quaternary nitrogens is 1. The van der Waals surface area contributed by atoms with Gasteiger partial charge < -0.3 is 15.4 Å². The van der Waals surface area contributed by atoms with Crippen LogP contribution in [0, 0.1) is 11.3 Å². The summed E-state index contributed by atoms with van der Waals surface area (Å²) in [6.45, 7) is 2.26. The van der Waals surface area contributed by atoms with Crippen LogP contribution in [-0.2, 0) is 6.18 Å². The molecule has 0 fully saturated rings. The number of alkyl halides is 3. The summed E-state index contributed by atoms with van der Waals surface area (Å²) in [5.41, 5.74) is -1.04. The molecule has 0 saturated carbocycles. The molecule has 2 aromatic rings. The highest BCUT2D eigenvalue weighted by Crippen LogP contribution is 2.35. The summed E-state index contributed by atoms with van der Waals surface area (Å²) in [4.78, 5) is 11.9. The summed E-state index contributed by atoms with van der Waals surface area (Å²) >= 11 is 0. The van der Waals surface area contributed by atoms with E-state index in [1.54, 1.807) is 19.0 Å². The molecule has 0 aromatic carbocycles. The molecule has 2 rings (SSSR count). The molecule has 1 unspecified atom stereocenters. The van der Waals surface area contributed by atoms with Gasteiger partial charge in [-0.25, -0.2) is 9.97 Å². The van der Waals surface area contributed by atoms with Crippen LogP contribution in [0.4, 0.5) is 30.5 Å². The Morgan fingerprint density at radius 2 is 2.04 bits per heavy atom. The van der Waals surface area contributed by atoms with E-state index in [-0.39, 0.29) is 35.0 Å². The molecule has 2 heterocycles. The molecule has 9 nitrogen and oxygen atoms in total. The van der Waals surface area contributed by atoms with Crippen LogP contribution in [0.15, 0.2) is 18.5 Å². The summed E-state index contributed by atoms with van der Waals surface area (Å²) < 4.78 is 44.5. The van der Waals surface area contributed by atoms with Crippen molar-refractivity contribution in [1.82, 2.24) is 20.0 Å². The van der Waals surface area contributed by atoms with Gasteiger partial charge in [-0.05, 0) is 6.92 Å². The minimum Gasteiger partial charge on any atom is -0.471 e. The zero-order valence-corrected chi connectivity index (χ0v) is 15.5. The first kappa shape index (κ1) is 21.1. The van der Waals surface area contributed by atoms with Crippen LogP contribution in [0.25, 0.3) is 0 Å². The van der Waals surface area contributed by atoms with Crippen molar-refractivity contribution in [1.29, 1.82) is 5.26 Å². The smallest absolute Gasteiger partial charge is 0.419 e. The molecule has 0 spiro atoms. The van der Waals surface area contributed by atoms with Crippen molar-refractivity contribution >= 4 is 17.3 Å². The Kier molecular flexibility index (Phi) is 6.55. The van der Waals surface area contributed by atoms with E-state index in [0.717, 1.165) is 6.20 Å². The third-order valence-electron chi connectivity index (χ3n) is 3.46. The van der Waals surface area contributed by atoms with Crippen molar-refractivity contribution in [3.8, 4) is 11.9 Å². The van der Waals surface area contributed by atoms with Crippen LogP contribution >= 0.6 is 0 Å². The van der Waals surface area contributed by atoms with E-state index in [1.807, 2.05) is 6.07 Å². The average molecular weight is 397 g/mol. The lowest BCUT2D eigenvalue weighted by molar-refractivity contribution is -0.568. The number of ether oxygens (including phenoxy) is 1. The molecule has 1 atom stereocenters. The fourth-order valence-electron chi connectivity index (χ4n) is 2.35. The van der Waals surface area contributed by atoms with Crippen LogP contribution < -0.4 is 21.2 Å². The van der Waals surface area contributed by atoms with Gasteiger partial charge in [-0.1, -0.05) is 0 Å². The average Bonchev–Trinajstić information content (AvgIpc) is 2.60. The number of likely N-dealkylation sites (N-methyl/N-ethyl adjacent to an activating group) is 1. The number of nitrogens with zero attached hydrogens (tertiary/aromatic N) is 5. The SMILES string of the molecule is CNc1cc(Nc2cnc(C#N)c(OC(C)CN(C)[NH3+])n2)ncc1C(F)(F)F. The lowest BCUT2D eigenvalue weighted by Gasteiger charge is -2.17. The maximum absolute atomic E-state index is 13.0. The van der Waals surface area contributed by atoms with E-state index < -0.39 is 11.7 Å². The number of nitrogens with one attached hydrogen (secondary N) is 2. The van der Waals surface area contributed by atoms with E-state index in [0.29, 0.717) is 6.54 Å². The van der Waals surface area contributed by atoms with Gasteiger partial charge in [0.25, 0.3) is 5.88 Å². The van der Waals surface area contributed by atoms with E-state index in [9.17, 15) is 13.2 Å². The molecule has 150 valence electrons. The molecular formula is C16H20F3N8O+. The number of aromatic nitrogens is 3. The Labute approximate surface area is 159 Å². The molecule has 0 aliphatic carbocycles. The van der Waals surface area contributed by atoms with Gasteiger partial charge in [0.05, 0.1) is 24.0 Å². The van der Waals surface area contributed by atoms with E-state index in [4.69, 9.17) is 10.00 Å². The number of hydrogen-bond acceptors (Lipinski definition) is 8. The Bertz CT molecular complexity index is 866. The Morgan fingerprint density at radius 3 is 2.61 bits per heavy atom. The van der Waals surface area contributed by atoms with Crippen molar-refractivity contribution < 1.29 is 23.8 Å². The number of rotatable bonds is 7. The van der Waals surface area contributed by atoms with Crippen LogP contribution in [0.2, 0.25) is 0 Å². The molecule has 2 aromatic heterocycles. The highest BCUT2D eigenvalue weighted by molar-refractivity contribution is 5.62. The summed E-state index contributed by atoms with van der Waals surface area (Å²) in [5.74, 6) is 4.01. The van der Waals surface area contributed by atoms with Crippen LogP contribution in [0.1, 0.15) is 18.2 Å². The molecule has 0 bridgehead atoms. The number of pyridine rings is 1. The lowest BCUT2D eigenvalue weighted by atomic mass is 10.2. The monoisotopic (exact) mass is 397 g/mol. The zero-order chi connectivity index (χ0) is 20.9. The van der Waals surface area contributed by atoms with E-state index in [1.165, 1.54) is 19.3 Å². The first-order valence-corrected chi connectivity index (χ1v) is 8.11. The predicted molar refractivity (Wildman–Crippen MR) is 94.4 cm³/mol. The maximum Gasteiger partial charge on any atom is 0.419 e. The second kappa shape index (κ2) is 8.68. The zero-order valence-electron chi connectivity index (χ0n) is 15.5. The van der Waals surface area contributed by atoms with Gasteiger partial charge >= 0.3 is 6.18 Å². The summed E-state index contributed by atoms with van der Waals surface area (Å²) in [6.07, 6.45) is -2.87. The summed E-state index contributed by atoms with van der Waals surface area (Å²) in [7, 11) is 3.15. The third-order valence-corrected chi connectivity index (χ3v) is 3.46. The van der Waals surface area contributed by atoms with Gasteiger partial charge in [0, 0.05) is 26.4 Å². The van der Waals surface area contributed by atoms with Gasteiger partial charge in [-0.15, -0.1) is 0 Å². The number of anilines is 3. The largest absolute Gasteiger partial charge is 0.471 e. The van der Waals surface area contributed by atoms with Crippen LogP contribution in [0.5, 0.6) is 5.88 Å². The van der Waals surface area contributed by atoms with Gasteiger partial charge in [0.15, 0.2) is 5.82 Å². The molecule has 28 heavy (non-hydrogen) atoms. The van der Waals surface area contributed by atoms with Crippen LogP contribution in [0.3, 0.4) is 0 Å². The molecular weight excluding hydrogens is 377 g/mol.